The number of amides is 1. The molecule has 0 radical (unpaired) electrons. The van der Waals surface area contributed by atoms with Crippen LogP contribution in [0.5, 0.6) is 0 Å². The minimum Gasteiger partial charge on any atom is -0.387 e. The Morgan fingerprint density at radius 1 is 1.39 bits per heavy atom. The van der Waals surface area contributed by atoms with Crippen LogP contribution in [0.25, 0.3) is 10.2 Å². The highest BCUT2D eigenvalue weighted by molar-refractivity contribution is 7.16. The zero-order chi connectivity index (χ0) is 16.2. The van der Waals surface area contributed by atoms with Gasteiger partial charge < -0.3 is 10.4 Å². The van der Waals surface area contributed by atoms with Crippen molar-refractivity contribution in [3.63, 3.8) is 0 Å². The summed E-state index contributed by atoms with van der Waals surface area (Å²) < 4.78 is 1.43. The minimum absolute atomic E-state index is 0.137. The predicted octanol–water partition coefficient (Wildman–Crippen LogP) is 1.76. The SMILES string of the molecule is O=C(CCn1cnc2sccc2c1=O)NCC(O)c1ccsc1. The molecule has 0 bridgehead atoms. The zero-order valence-corrected chi connectivity index (χ0v) is 13.8. The molecule has 0 aliphatic heterocycles. The first kappa shape index (κ1) is 15.9. The number of aliphatic hydroxyl groups excluding tert-OH is 1. The third-order valence-corrected chi connectivity index (χ3v) is 4.97. The molecule has 1 atom stereocenters. The molecule has 1 amide bonds. The zero-order valence-electron chi connectivity index (χ0n) is 12.1. The summed E-state index contributed by atoms with van der Waals surface area (Å²) in [5, 5.41) is 18.7. The van der Waals surface area contributed by atoms with E-state index >= 15 is 0 Å². The summed E-state index contributed by atoms with van der Waals surface area (Å²) in [6.45, 7) is 0.421. The van der Waals surface area contributed by atoms with Gasteiger partial charge in [-0.2, -0.15) is 11.3 Å². The van der Waals surface area contributed by atoms with Crippen molar-refractivity contribution < 1.29 is 9.90 Å². The lowest BCUT2D eigenvalue weighted by Crippen LogP contribution is -2.30. The maximum atomic E-state index is 12.2. The summed E-state index contributed by atoms with van der Waals surface area (Å²) >= 11 is 2.91. The van der Waals surface area contributed by atoms with E-state index in [9.17, 15) is 14.7 Å². The second kappa shape index (κ2) is 7.03. The topological polar surface area (TPSA) is 84.2 Å². The second-order valence-corrected chi connectivity index (χ2v) is 6.68. The number of fused-ring (bicyclic) bond motifs is 1. The summed E-state index contributed by atoms with van der Waals surface area (Å²) in [5.74, 6) is -0.211. The summed E-state index contributed by atoms with van der Waals surface area (Å²) in [7, 11) is 0. The molecule has 6 nitrogen and oxygen atoms in total. The summed E-state index contributed by atoms with van der Waals surface area (Å²) in [5.41, 5.74) is 0.654. The van der Waals surface area contributed by atoms with Gasteiger partial charge in [-0.25, -0.2) is 4.98 Å². The number of carbonyl (C=O) groups is 1. The Kier molecular flexibility index (Phi) is 4.85. The molecule has 3 aromatic heterocycles. The number of hydrogen-bond acceptors (Lipinski definition) is 6. The largest absolute Gasteiger partial charge is 0.387 e. The van der Waals surface area contributed by atoms with Crippen LogP contribution in [-0.4, -0.2) is 27.1 Å². The van der Waals surface area contributed by atoms with Gasteiger partial charge in [0.25, 0.3) is 5.56 Å². The van der Waals surface area contributed by atoms with Crippen molar-refractivity contribution >= 4 is 38.8 Å². The molecule has 3 heterocycles. The van der Waals surface area contributed by atoms with Crippen LogP contribution in [0.2, 0.25) is 0 Å². The van der Waals surface area contributed by atoms with Gasteiger partial charge in [-0.1, -0.05) is 0 Å². The Hall–Kier alpha value is -2.03. The van der Waals surface area contributed by atoms with Crippen LogP contribution in [0, 0.1) is 0 Å². The van der Waals surface area contributed by atoms with E-state index in [4.69, 9.17) is 0 Å². The van der Waals surface area contributed by atoms with Crippen LogP contribution in [0.15, 0.2) is 39.4 Å². The van der Waals surface area contributed by atoms with Crippen molar-refractivity contribution in [2.45, 2.75) is 19.1 Å². The number of aromatic nitrogens is 2. The summed E-state index contributed by atoms with van der Waals surface area (Å²) in [6.07, 6.45) is 0.916. The van der Waals surface area contributed by atoms with Crippen molar-refractivity contribution in [1.29, 1.82) is 0 Å². The van der Waals surface area contributed by atoms with Gasteiger partial charge in [0, 0.05) is 19.5 Å². The fourth-order valence-electron chi connectivity index (χ4n) is 2.16. The molecule has 0 fully saturated rings. The van der Waals surface area contributed by atoms with Crippen molar-refractivity contribution in [1.82, 2.24) is 14.9 Å². The highest BCUT2D eigenvalue weighted by Gasteiger charge is 2.11. The molecule has 0 aromatic carbocycles. The van der Waals surface area contributed by atoms with E-state index in [1.807, 2.05) is 22.2 Å². The van der Waals surface area contributed by atoms with Gasteiger partial charge in [-0.15, -0.1) is 11.3 Å². The van der Waals surface area contributed by atoms with E-state index in [2.05, 4.69) is 10.3 Å². The number of thiophene rings is 2. The average Bonchev–Trinajstić information content (AvgIpc) is 3.23. The highest BCUT2D eigenvalue weighted by Crippen LogP contribution is 2.15. The van der Waals surface area contributed by atoms with E-state index in [0.29, 0.717) is 10.2 Å². The second-order valence-electron chi connectivity index (χ2n) is 5.01. The molecule has 0 spiro atoms. The third-order valence-electron chi connectivity index (χ3n) is 3.45. The van der Waals surface area contributed by atoms with Crippen LogP contribution in [0.3, 0.4) is 0 Å². The van der Waals surface area contributed by atoms with Gasteiger partial charge in [-0.3, -0.25) is 14.2 Å². The van der Waals surface area contributed by atoms with Gasteiger partial charge in [0.2, 0.25) is 5.91 Å². The number of rotatable bonds is 6. The van der Waals surface area contributed by atoms with Crippen LogP contribution < -0.4 is 10.9 Å². The number of nitrogens with one attached hydrogen (secondary N) is 1. The normalized spacial score (nSPS) is 12.4. The quantitative estimate of drug-likeness (QED) is 0.710. The third kappa shape index (κ3) is 3.66. The molecule has 3 rings (SSSR count). The molecule has 2 N–H and O–H groups in total. The smallest absolute Gasteiger partial charge is 0.262 e. The highest BCUT2D eigenvalue weighted by atomic mass is 32.1. The number of carbonyl (C=O) groups excluding carboxylic acids is 1. The van der Waals surface area contributed by atoms with E-state index in [-0.39, 0.29) is 31.0 Å². The fraction of sp³-hybridized carbons (Fsp3) is 0.267. The Balaban J connectivity index is 1.54. The van der Waals surface area contributed by atoms with E-state index in [0.717, 1.165) is 5.56 Å². The molecule has 120 valence electrons. The van der Waals surface area contributed by atoms with Crippen molar-refractivity contribution in [2.24, 2.45) is 0 Å². The average molecular weight is 349 g/mol. The number of hydrogen-bond donors (Lipinski definition) is 2. The van der Waals surface area contributed by atoms with Crippen LogP contribution in [0.4, 0.5) is 0 Å². The number of aryl methyl sites for hydroxylation is 1. The first-order valence-corrected chi connectivity index (χ1v) is 8.87. The van der Waals surface area contributed by atoms with E-state index < -0.39 is 6.10 Å². The standard InChI is InChI=1S/C15H15N3O3S2/c19-12(10-2-5-22-8-10)7-16-13(20)1-4-18-9-17-14-11(15(18)21)3-6-23-14/h2-3,5-6,8-9,12,19H,1,4,7H2,(H,16,20). The van der Waals surface area contributed by atoms with Crippen LogP contribution >= 0.6 is 22.7 Å². The monoisotopic (exact) mass is 349 g/mol. The Bertz CT molecular complexity index is 854. The van der Waals surface area contributed by atoms with Crippen molar-refractivity contribution in [3.05, 3.63) is 50.5 Å². The Labute approximate surface area is 140 Å². The number of nitrogens with zero attached hydrogens (tertiary/aromatic N) is 2. The number of aliphatic hydroxyl groups is 1. The molecule has 0 aliphatic carbocycles. The van der Waals surface area contributed by atoms with Gasteiger partial charge >= 0.3 is 0 Å². The van der Waals surface area contributed by atoms with E-state index in [1.165, 1.54) is 33.6 Å². The van der Waals surface area contributed by atoms with Crippen LogP contribution in [0.1, 0.15) is 18.1 Å². The molecule has 8 heteroatoms. The molecule has 23 heavy (non-hydrogen) atoms. The lowest BCUT2D eigenvalue weighted by molar-refractivity contribution is -0.121. The maximum Gasteiger partial charge on any atom is 0.262 e. The fourth-order valence-corrected chi connectivity index (χ4v) is 3.59. The van der Waals surface area contributed by atoms with Crippen molar-refractivity contribution in [2.75, 3.05) is 6.54 Å². The molecule has 1 unspecified atom stereocenters. The molecule has 0 aliphatic rings. The van der Waals surface area contributed by atoms with Gasteiger partial charge in [0.15, 0.2) is 0 Å². The molecular weight excluding hydrogens is 334 g/mol. The van der Waals surface area contributed by atoms with Gasteiger partial charge in [0.1, 0.15) is 4.83 Å². The summed E-state index contributed by atoms with van der Waals surface area (Å²) in [4.78, 5) is 28.9. The molecular formula is C15H15N3O3S2. The lowest BCUT2D eigenvalue weighted by atomic mass is 10.2. The Morgan fingerprint density at radius 2 is 2.26 bits per heavy atom. The van der Waals surface area contributed by atoms with Crippen LogP contribution in [-0.2, 0) is 11.3 Å². The first-order valence-electron chi connectivity index (χ1n) is 7.04. The minimum atomic E-state index is -0.711. The Morgan fingerprint density at radius 3 is 3.04 bits per heavy atom. The van der Waals surface area contributed by atoms with E-state index in [1.54, 1.807) is 6.07 Å². The maximum absolute atomic E-state index is 12.2. The molecule has 0 saturated heterocycles. The van der Waals surface area contributed by atoms with Gasteiger partial charge in [-0.05, 0) is 33.8 Å². The summed E-state index contributed by atoms with van der Waals surface area (Å²) in [6, 6.07) is 3.56. The van der Waals surface area contributed by atoms with Crippen molar-refractivity contribution in [3.8, 4) is 0 Å². The molecule has 0 saturated carbocycles. The predicted molar refractivity (Wildman–Crippen MR) is 90.8 cm³/mol. The lowest BCUT2D eigenvalue weighted by Gasteiger charge is -2.11. The first-order chi connectivity index (χ1) is 11.1. The molecule has 3 aromatic rings. The van der Waals surface area contributed by atoms with Gasteiger partial charge in [0.05, 0.1) is 17.8 Å².